The average Bonchev–Trinajstić information content (AvgIpc) is 3.31. The zero-order valence-corrected chi connectivity index (χ0v) is 15.7. The van der Waals surface area contributed by atoms with Gasteiger partial charge < -0.3 is 9.47 Å². The summed E-state index contributed by atoms with van der Waals surface area (Å²) in [7, 11) is 0. The molecule has 0 saturated carbocycles. The van der Waals surface area contributed by atoms with Gasteiger partial charge in [-0.3, -0.25) is 9.69 Å². The zero-order chi connectivity index (χ0) is 18.6. The first-order chi connectivity index (χ1) is 13.2. The van der Waals surface area contributed by atoms with Gasteiger partial charge in [0.05, 0.1) is 11.6 Å². The van der Waals surface area contributed by atoms with Crippen molar-refractivity contribution in [1.29, 1.82) is 5.26 Å². The van der Waals surface area contributed by atoms with Gasteiger partial charge in [-0.05, 0) is 68.1 Å². The van der Waals surface area contributed by atoms with Crippen LogP contribution in [0.15, 0.2) is 42.6 Å². The SMILES string of the molecule is N#Cc1ccc(-n2cccc2CN2CCC[C@@H](CN3CCCC3=O)C2)cc1. The lowest BCUT2D eigenvalue weighted by molar-refractivity contribution is -0.128. The number of likely N-dealkylation sites (tertiary alicyclic amines) is 2. The summed E-state index contributed by atoms with van der Waals surface area (Å²) in [6.07, 6.45) is 6.25. The van der Waals surface area contributed by atoms with Crippen LogP contribution in [-0.4, -0.2) is 46.5 Å². The number of benzene rings is 1. The minimum Gasteiger partial charge on any atom is -0.342 e. The van der Waals surface area contributed by atoms with E-state index in [4.69, 9.17) is 5.26 Å². The van der Waals surface area contributed by atoms with E-state index < -0.39 is 0 Å². The second kappa shape index (κ2) is 7.98. The lowest BCUT2D eigenvalue weighted by atomic mass is 9.97. The number of rotatable bonds is 5. The fourth-order valence-corrected chi connectivity index (χ4v) is 4.38. The van der Waals surface area contributed by atoms with Crippen LogP contribution in [0.4, 0.5) is 0 Å². The Morgan fingerprint density at radius 1 is 1.11 bits per heavy atom. The summed E-state index contributed by atoms with van der Waals surface area (Å²) in [5.41, 5.74) is 3.03. The van der Waals surface area contributed by atoms with Crippen LogP contribution in [0.3, 0.4) is 0 Å². The Hall–Kier alpha value is -2.58. The van der Waals surface area contributed by atoms with Gasteiger partial charge in [0.1, 0.15) is 0 Å². The molecule has 1 aromatic heterocycles. The van der Waals surface area contributed by atoms with Gasteiger partial charge in [-0.25, -0.2) is 0 Å². The highest BCUT2D eigenvalue weighted by Gasteiger charge is 2.27. The number of hydrogen-bond donors (Lipinski definition) is 0. The van der Waals surface area contributed by atoms with E-state index in [0.717, 1.165) is 51.3 Å². The molecule has 0 aliphatic carbocycles. The minimum atomic E-state index is 0.335. The predicted octanol–water partition coefficient (Wildman–Crippen LogP) is 3.18. The molecule has 27 heavy (non-hydrogen) atoms. The van der Waals surface area contributed by atoms with Crippen LogP contribution in [0.5, 0.6) is 0 Å². The number of carbonyl (C=O) groups excluding carboxylic acids is 1. The molecule has 0 spiro atoms. The number of piperidine rings is 1. The first-order valence-corrected chi connectivity index (χ1v) is 9.90. The third kappa shape index (κ3) is 4.06. The molecule has 2 saturated heterocycles. The highest BCUT2D eigenvalue weighted by Crippen LogP contribution is 2.23. The molecule has 2 aromatic rings. The molecule has 1 amide bonds. The molecular formula is C22H26N4O. The Kier molecular flexibility index (Phi) is 5.26. The van der Waals surface area contributed by atoms with Crippen LogP contribution >= 0.6 is 0 Å². The van der Waals surface area contributed by atoms with Crippen molar-refractivity contribution >= 4 is 5.91 Å². The Labute approximate surface area is 160 Å². The van der Waals surface area contributed by atoms with Crippen LogP contribution in [0.2, 0.25) is 0 Å². The summed E-state index contributed by atoms with van der Waals surface area (Å²) in [5, 5.41) is 8.99. The Morgan fingerprint density at radius 2 is 1.96 bits per heavy atom. The molecule has 1 aromatic carbocycles. The van der Waals surface area contributed by atoms with E-state index in [0.29, 0.717) is 17.4 Å². The first-order valence-electron chi connectivity index (χ1n) is 9.90. The Bertz CT molecular complexity index is 833. The monoisotopic (exact) mass is 362 g/mol. The normalized spacial score (nSPS) is 20.8. The van der Waals surface area contributed by atoms with E-state index in [9.17, 15) is 4.79 Å². The standard InChI is InChI=1S/C22H26N4O/c23-14-18-7-9-20(10-8-18)26-13-2-5-21(26)17-24-11-1-4-19(15-24)16-25-12-3-6-22(25)27/h2,5,7-10,13,19H,1,3-4,6,11-12,15-17H2/t19-/m1/s1. The van der Waals surface area contributed by atoms with Gasteiger partial charge in [0.2, 0.25) is 5.91 Å². The fourth-order valence-electron chi connectivity index (χ4n) is 4.38. The topological polar surface area (TPSA) is 52.3 Å². The van der Waals surface area contributed by atoms with Gasteiger partial charge in [-0.15, -0.1) is 0 Å². The van der Waals surface area contributed by atoms with Crippen molar-refractivity contribution in [2.75, 3.05) is 26.2 Å². The van der Waals surface area contributed by atoms with Crippen molar-refractivity contribution in [3.63, 3.8) is 0 Å². The maximum absolute atomic E-state index is 11.9. The third-order valence-corrected chi connectivity index (χ3v) is 5.75. The number of nitriles is 1. The summed E-state index contributed by atoms with van der Waals surface area (Å²) >= 11 is 0. The summed E-state index contributed by atoms with van der Waals surface area (Å²) < 4.78 is 2.20. The van der Waals surface area contributed by atoms with Crippen molar-refractivity contribution in [1.82, 2.24) is 14.4 Å². The number of carbonyl (C=O) groups is 1. The van der Waals surface area contributed by atoms with Crippen molar-refractivity contribution in [3.05, 3.63) is 53.9 Å². The van der Waals surface area contributed by atoms with E-state index in [1.54, 1.807) is 0 Å². The molecule has 0 radical (unpaired) electrons. The lowest BCUT2D eigenvalue weighted by Gasteiger charge is -2.34. The van der Waals surface area contributed by atoms with Gasteiger partial charge >= 0.3 is 0 Å². The highest BCUT2D eigenvalue weighted by atomic mass is 16.2. The van der Waals surface area contributed by atoms with Crippen molar-refractivity contribution < 1.29 is 4.79 Å². The fraction of sp³-hybridized carbons (Fsp3) is 0.455. The Morgan fingerprint density at radius 3 is 2.70 bits per heavy atom. The second-order valence-electron chi connectivity index (χ2n) is 7.71. The molecule has 2 aliphatic heterocycles. The zero-order valence-electron chi connectivity index (χ0n) is 15.7. The van der Waals surface area contributed by atoms with Crippen LogP contribution < -0.4 is 0 Å². The van der Waals surface area contributed by atoms with Crippen LogP contribution in [0.1, 0.15) is 36.9 Å². The van der Waals surface area contributed by atoms with Crippen LogP contribution in [0.25, 0.3) is 5.69 Å². The van der Waals surface area contributed by atoms with Gasteiger partial charge in [0, 0.05) is 50.2 Å². The maximum atomic E-state index is 11.9. The third-order valence-electron chi connectivity index (χ3n) is 5.75. The minimum absolute atomic E-state index is 0.335. The van der Waals surface area contributed by atoms with E-state index in [-0.39, 0.29) is 0 Å². The van der Waals surface area contributed by atoms with Gasteiger partial charge in [0.15, 0.2) is 0 Å². The molecule has 2 aliphatic rings. The molecule has 140 valence electrons. The van der Waals surface area contributed by atoms with E-state index in [1.807, 2.05) is 24.3 Å². The molecule has 5 heteroatoms. The van der Waals surface area contributed by atoms with Crippen molar-refractivity contribution in [3.8, 4) is 11.8 Å². The van der Waals surface area contributed by atoms with Crippen LogP contribution in [0, 0.1) is 17.2 Å². The largest absolute Gasteiger partial charge is 0.342 e. The maximum Gasteiger partial charge on any atom is 0.222 e. The van der Waals surface area contributed by atoms with Gasteiger partial charge in [0.25, 0.3) is 0 Å². The summed E-state index contributed by atoms with van der Waals surface area (Å²) in [5.74, 6) is 0.918. The summed E-state index contributed by atoms with van der Waals surface area (Å²) in [6.45, 7) is 4.95. The van der Waals surface area contributed by atoms with Gasteiger partial charge in [-0.2, -0.15) is 5.26 Å². The van der Waals surface area contributed by atoms with Gasteiger partial charge in [-0.1, -0.05) is 0 Å². The number of amides is 1. The van der Waals surface area contributed by atoms with Crippen molar-refractivity contribution in [2.24, 2.45) is 5.92 Å². The molecule has 0 N–H and O–H groups in total. The molecule has 0 bridgehead atoms. The van der Waals surface area contributed by atoms with Crippen LogP contribution in [-0.2, 0) is 11.3 Å². The first kappa shape index (κ1) is 17.8. The summed E-state index contributed by atoms with van der Waals surface area (Å²) in [4.78, 5) is 16.5. The summed E-state index contributed by atoms with van der Waals surface area (Å²) in [6, 6.07) is 14.2. The second-order valence-corrected chi connectivity index (χ2v) is 7.71. The van der Waals surface area contributed by atoms with E-state index >= 15 is 0 Å². The van der Waals surface area contributed by atoms with E-state index in [1.165, 1.54) is 18.5 Å². The predicted molar refractivity (Wildman–Crippen MR) is 104 cm³/mol. The number of aromatic nitrogens is 1. The smallest absolute Gasteiger partial charge is 0.222 e. The molecule has 0 unspecified atom stereocenters. The molecule has 5 nitrogen and oxygen atoms in total. The lowest BCUT2D eigenvalue weighted by Crippen LogP contribution is -2.41. The quantitative estimate of drug-likeness (QED) is 0.821. The Balaban J connectivity index is 1.41. The molecular weight excluding hydrogens is 336 g/mol. The number of nitrogens with zero attached hydrogens (tertiary/aromatic N) is 4. The molecule has 1 atom stereocenters. The number of hydrogen-bond acceptors (Lipinski definition) is 3. The highest BCUT2D eigenvalue weighted by molar-refractivity contribution is 5.78. The van der Waals surface area contributed by atoms with E-state index in [2.05, 4.69) is 38.8 Å². The molecule has 3 heterocycles. The van der Waals surface area contributed by atoms with Crippen molar-refractivity contribution in [2.45, 2.75) is 32.2 Å². The molecule has 2 fully saturated rings. The molecule has 4 rings (SSSR count). The average molecular weight is 362 g/mol.